The fourth-order valence-corrected chi connectivity index (χ4v) is 13.6. The van der Waals surface area contributed by atoms with E-state index in [1.165, 1.54) is 132 Å². The monoisotopic (exact) mass is 946 g/mol. The molecule has 0 bridgehead atoms. The van der Waals surface area contributed by atoms with Crippen molar-refractivity contribution < 1.29 is 9.47 Å². The molecule has 2 nitrogen and oxygen atoms in total. The highest BCUT2D eigenvalue weighted by Crippen LogP contribution is 2.51. The van der Waals surface area contributed by atoms with Gasteiger partial charge in [-0.3, -0.25) is 0 Å². The van der Waals surface area contributed by atoms with Crippen molar-refractivity contribution in [1.29, 1.82) is 0 Å². The first-order valence-corrected chi connectivity index (χ1v) is 26.1. The molecule has 74 heavy (non-hydrogen) atoms. The van der Waals surface area contributed by atoms with E-state index in [0.717, 1.165) is 33.8 Å². The summed E-state index contributed by atoms with van der Waals surface area (Å²) < 4.78 is 15.1. The molecule has 0 spiro atoms. The Balaban J connectivity index is 1.20. The van der Waals surface area contributed by atoms with Gasteiger partial charge in [0.15, 0.2) is 0 Å². The van der Waals surface area contributed by atoms with Gasteiger partial charge in [0.25, 0.3) is 13.4 Å². The van der Waals surface area contributed by atoms with Crippen molar-refractivity contribution in [3.05, 3.63) is 240 Å². The first-order chi connectivity index (χ1) is 36.2. The standard InChI is InChI=1S/C70H52B2O2/c1-41-37-43(3)65(44(4)38-41)71-57-29-17-19-31-59(57)73-69-55-35-34-54-62-56(36-33-53(61(55)62)63(67(69)71)51-27-15-13-25-49(51)47-21-9-7-10-22-47)70-68(64(54)52-28-16-14-26-50(52)48-23-11-8-12-24-48)72(58-30-18-20-32-60(58)74-70)66-45(5)39-42(2)40-46(66)6/h7-40H,1-6H3. The molecule has 0 saturated heterocycles. The molecule has 0 amide bonds. The fourth-order valence-electron chi connectivity index (χ4n) is 13.6. The first kappa shape index (κ1) is 44.1. The van der Waals surface area contributed by atoms with Crippen LogP contribution in [0.2, 0.25) is 0 Å². The van der Waals surface area contributed by atoms with Crippen molar-refractivity contribution >= 4 is 78.5 Å². The van der Waals surface area contributed by atoms with E-state index in [1.807, 2.05) is 0 Å². The number of benzene rings is 12. The van der Waals surface area contributed by atoms with Crippen LogP contribution in [0, 0.1) is 41.5 Å². The summed E-state index contributed by atoms with van der Waals surface area (Å²) in [4.78, 5) is 0. The number of aryl methyl sites for hydroxylation is 6. The molecule has 0 N–H and O–H groups in total. The minimum atomic E-state index is -0.112. The largest absolute Gasteiger partial charge is 0.458 e. The number of ether oxygens (including phenoxy) is 2. The van der Waals surface area contributed by atoms with Crippen molar-refractivity contribution in [1.82, 2.24) is 0 Å². The van der Waals surface area contributed by atoms with Crippen LogP contribution >= 0.6 is 0 Å². The smallest absolute Gasteiger partial charge is 0.252 e. The molecule has 12 aromatic carbocycles. The van der Waals surface area contributed by atoms with Crippen molar-refractivity contribution in [3.8, 4) is 67.5 Å². The van der Waals surface area contributed by atoms with Gasteiger partial charge < -0.3 is 9.47 Å². The maximum atomic E-state index is 7.53. The molecule has 2 heterocycles. The van der Waals surface area contributed by atoms with Crippen LogP contribution in [0.1, 0.15) is 33.4 Å². The van der Waals surface area contributed by atoms with Gasteiger partial charge in [0.1, 0.15) is 23.0 Å². The highest BCUT2D eigenvalue weighted by Gasteiger charge is 2.42. The van der Waals surface area contributed by atoms with Gasteiger partial charge in [0.05, 0.1) is 0 Å². The van der Waals surface area contributed by atoms with Gasteiger partial charge >= 0.3 is 0 Å². The second-order valence-corrected chi connectivity index (χ2v) is 20.9. The highest BCUT2D eigenvalue weighted by atomic mass is 16.5. The quantitative estimate of drug-likeness (QED) is 0.122. The molecular formula is C70H52B2O2. The van der Waals surface area contributed by atoms with Crippen LogP contribution < -0.4 is 42.3 Å². The van der Waals surface area contributed by atoms with Crippen LogP contribution in [0.5, 0.6) is 23.0 Å². The van der Waals surface area contributed by atoms with Crippen LogP contribution in [0.3, 0.4) is 0 Å². The zero-order valence-electron chi connectivity index (χ0n) is 42.6. The molecule has 14 rings (SSSR count). The third-order valence-corrected chi connectivity index (χ3v) is 16.3. The van der Waals surface area contributed by atoms with Crippen molar-refractivity contribution in [2.24, 2.45) is 0 Å². The molecule has 350 valence electrons. The van der Waals surface area contributed by atoms with E-state index in [2.05, 4.69) is 248 Å². The molecule has 2 aliphatic rings. The highest BCUT2D eigenvalue weighted by molar-refractivity contribution is 6.99. The summed E-state index contributed by atoms with van der Waals surface area (Å²) in [6.07, 6.45) is 0. The first-order valence-electron chi connectivity index (χ1n) is 26.1. The fraction of sp³-hybridized carbons (Fsp3) is 0.0857. The van der Waals surface area contributed by atoms with E-state index in [9.17, 15) is 0 Å². The average Bonchev–Trinajstić information content (AvgIpc) is 3.58. The van der Waals surface area contributed by atoms with E-state index in [1.54, 1.807) is 0 Å². The van der Waals surface area contributed by atoms with Crippen molar-refractivity contribution in [3.63, 3.8) is 0 Å². The average molecular weight is 947 g/mol. The molecule has 0 saturated carbocycles. The zero-order valence-corrected chi connectivity index (χ0v) is 42.6. The lowest BCUT2D eigenvalue weighted by Gasteiger charge is -2.35. The third-order valence-electron chi connectivity index (χ3n) is 16.3. The Bertz CT molecular complexity index is 3950. The summed E-state index contributed by atoms with van der Waals surface area (Å²) in [6, 6.07) is 76.2. The minimum absolute atomic E-state index is 0.112. The minimum Gasteiger partial charge on any atom is -0.458 e. The Labute approximate surface area is 434 Å². The molecule has 0 atom stereocenters. The number of para-hydroxylation sites is 2. The topological polar surface area (TPSA) is 18.5 Å². The zero-order chi connectivity index (χ0) is 49.9. The van der Waals surface area contributed by atoms with E-state index in [-0.39, 0.29) is 13.4 Å². The van der Waals surface area contributed by atoms with Crippen LogP contribution in [0.4, 0.5) is 0 Å². The number of hydrogen-bond acceptors (Lipinski definition) is 2. The Morgan fingerprint density at radius 1 is 0.297 bits per heavy atom. The molecule has 0 radical (unpaired) electrons. The van der Waals surface area contributed by atoms with Gasteiger partial charge in [-0.2, -0.15) is 0 Å². The lowest BCUT2D eigenvalue weighted by Crippen LogP contribution is -2.57. The van der Waals surface area contributed by atoms with E-state index >= 15 is 0 Å². The van der Waals surface area contributed by atoms with Gasteiger partial charge in [-0.15, -0.1) is 0 Å². The van der Waals surface area contributed by atoms with Crippen LogP contribution in [0.25, 0.3) is 76.8 Å². The maximum Gasteiger partial charge on any atom is 0.252 e. The van der Waals surface area contributed by atoms with E-state index in [4.69, 9.17) is 9.47 Å². The Morgan fingerprint density at radius 3 is 1.01 bits per heavy atom. The predicted molar refractivity (Wildman–Crippen MR) is 316 cm³/mol. The summed E-state index contributed by atoms with van der Waals surface area (Å²) in [5.74, 6) is 3.60. The summed E-state index contributed by atoms with van der Waals surface area (Å²) >= 11 is 0. The van der Waals surface area contributed by atoms with Gasteiger partial charge in [-0.25, -0.2) is 0 Å². The lowest BCUT2D eigenvalue weighted by molar-refractivity contribution is 0.493. The maximum absolute atomic E-state index is 7.53. The van der Waals surface area contributed by atoms with Crippen molar-refractivity contribution in [2.75, 3.05) is 0 Å². The van der Waals surface area contributed by atoms with E-state index < -0.39 is 0 Å². The molecule has 0 fully saturated rings. The number of rotatable bonds is 6. The summed E-state index contributed by atoms with van der Waals surface area (Å²) in [5, 5.41) is 6.92. The summed E-state index contributed by atoms with van der Waals surface area (Å²) in [5.41, 5.74) is 24.5. The molecular weight excluding hydrogens is 894 g/mol. The Hall–Kier alpha value is -8.59. The third kappa shape index (κ3) is 6.60. The Kier molecular flexibility index (Phi) is 10.1. The molecule has 0 aromatic heterocycles. The second-order valence-electron chi connectivity index (χ2n) is 20.9. The van der Waals surface area contributed by atoms with Crippen molar-refractivity contribution in [2.45, 2.75) is 41.5 Å². The summed E-state index contributed by atoms with van der Waals surface area (Å²) in [7, 11) is 0. The molecule has 2 aliphatic heterocycles. The van der Waals surface area contributed by atoms with Gasteiger partial charge in [-0.05, 0) is 143 Å². The van der Waals surface area contributed by atoms with Crippen LogP contribution in [0.15, 0.2) is 206 Å². The lowest BCUT2D eigenvalue weighted by atomic mass is 9.33. The second kappa shape index (κ2) is 17.0. The molecule has 4 heteroatoms. The number of hydrogen-bond donors (Lipinski definition) is 0. The predicted octanol–water partition coefficient (Wildman–Crippen LogP) is 14.3. The molecule has 0 unspecified atom stereocenters. The molecule has 12 aromatic rings. The molecule has 0 aliphatic carbocycles. The Morgan fingerprint density at radius 2 is 0.622 bits per heavy atom. The SMILES string of the molecule is Cc1cc(C)c(B2c3ccccc3Oc3c2c(-c2ccccc2-c2ccccc2)c2ccc4c5c(c(-c6ccccc6-c6ccccc6)c6ccc3c2c46)B(c2c(C)cc(C)cc2C)c2ccccc2O5)c(C)c1. The van der Waals surface area contributed by atoms with Crippen LogP contribution in [-0.4, -0.2) is 13.4 Å². The van der Waals surface area contributed by atoms with Gasteiger partial charge in [0, 0.05) is 21.5 Å². The normalized spacial score (nSPS) is 12.6. The number of fused-ring (bicyclic) bond motifs is 6. The van der Waals surface area contributed by atoms with Gasteiger partial charge in [-0.1, -0.05) is 226 Å². The van der Waals surface area contributed by atoms with Gasteiger partial charge in [0.2, 0.25) is 0 Å². The van der Waals surface area contributed by atoms with Crippen LogP contribution in [-0.2, 0) is 0 Å². The van der Waals surface area contributed by atoms with E-state index in [0.29, 0.717) is 0 Å². The summed E-state index contributed by atoms with van der Waals surface area (Å²) in [6.45, 7) is 13.4.